The van der Waals surface area contributed by atoms with E-state index in [2.05, 4.69) is 18.9 Å². The molecule has 0 fully saturated rings. The second-order valence-electron chi connectivity index (χ2n) is 4.33. The van der Waals surface area contributed by atoms with Crippen molar-refractivity contribution in [3.05, 3.63) is 36.0 Å². The zero-order chi connectivity index (χ0) is 13.1. The Bertz CT molecular complexity index is 559. The van der Waals surface area contributed by atoms with Gasteiger partial charge in [-0.3, -0.25) is 9.48 Å². The van der Waals surface area contributed by atoms with Gasteiger partial charge in [0.25, 0.3) is 0 Å². The molecule has 0 unspecified atom stereocenters. The van der Waals surface area contributed by atoms with E-state index in [1.54, 1.807) is 25.4 Å². The van der Waals surface area contributed by atoms with E-state index in [1.165, 1.54) is 0 Å². The molecule has 2 aromatic rings. The number of ether oxygens (including phenoxy) is 1. The van der Waals surface area contributed by atoms with Crippen LogP contribution in [0.15, 0.2) is 30.5 Å². The van der Waals surface area contributed by atoms with Crippen LogP contribution >= 0.6 is 0 Å². The third kappa shape index (κ3) is 2.14. The van der Waals surface area contributed by atoms with Gasteiger partial charge < -0.3 is 4.74 Å². The summed E-state index contributed by atoms with van der Waals surface area (Å²) in [5.74, 6) is 0.729. The highest BCUT2D eigenvalue weighted by Gasteiger charge is 2.12. The Morgan fingerprint density at radius 2 is 2.11 bits per heavy atom. The van der Waals surface area contributed by atoms with E-state index in [0.717, 1.165) is 23.3 Å². The van der Waals surface area contributed by atoms with Gasteiger partial charge in [0.05, 0.1) is 12.8 Å². The number of hydrogen-bond acceptors (Lipinski definition) is 3. The van der Waals surface area contributed by atoms with Gasteiger partial charge in [-0.1, -0.05) is 0 Å². The van der Waals surface area contributed by atoms with Gasteiger partial charge in [-0.05, 0) is 38.1 Å². The molecule has 1 aromatic carbocycles. The number of carbonyl (C=O) groups is 1. The van der Waals surface area contributed by atoms with Gasteiger partial charge >= 0.3 is 0 Å². The number of aldehydes is 1. The van der Waals surface area contributed by atoms with Gasteiger partial charge in [0, 0.05) is 23.4 Å². The Morgan fingerprint density at radius 3 is 2.72 bits per heavy atom. The Balaban J connectivity index is 2.61. The normalized spacial score (nSPS) is 10.7. The van der Waals surface area contributed by atoms with Gasteiger partial charge in [0.15, 0.2) is 6.29 Å². The van der Waals surface area contributed by atoms with Crippen LogP contribution in [0.25, 0.3) is 11.3 Å². The van der Waals surface area contributed by atoms with Gasteiger partial charge in [-0.15, -0.1) is 0 Å². The van der Waals surface area contributed by atoms with Crippen molar-refractivity contribution in [1.29, 1.82) is 0 Å². The van der Waals surface area contributed by atoms with Gasteiger partial charge in [-0.2, -0.15) is 5.10 Å². The summed E-state index contributed by atoms with van der Waals surface area (Å²) in [5.41, 5.74) is 2.40. The van der Waals surface area contributed by atoms with Crippen molar-refractivity contribution in [1.82, 2.24) is 9.78 Å². The maximum Gasteiger partial charge on any atom is 0.150 e. The van der Waals surface area contributed by atoms with Crippen LogP contribution in [-0.4, -0.2) is 23.2 Å². The lowest BCUT2D eigenvalue weighted by atomic mass is 10.0. The first-order chi connectivity index (χ1) is 8.67. The molecule has 0 aliphatic carbocycles. The third-order valence-corrected chi connectivity index (χ3v) is 2.82. The number of nitrogens with zero attached hydrogens (tertiary/aromatic N) is 2. The smallest absolute Gasteiger partial charge is 0.150 e. The minimum absolute atomic E-state index is 0.237. The summed E-state index contributed by atoms with van der Waals surface area (Å²) >= 11 is 0. The first-order valence-corrected chi connectivity index (χ1v) is 5.84. The molecular formula is C14H16N2O2. The van der Waals surface area contributed by atoms with E-state index >= 15 is 0 Å². The van der Waals surface area contributed by atoms with Crippen molar-refractivity contribution >= 4 is 6.29 Å². The summed E-state index contributed by atoms with van der Waals surface area (Å²) < 4.78 is 7.10. The van der Waals surface area contributed by atoms with Crippen LogP contribution in [0, 0.1) is 0 Å². The molecule has 0 aliphatic rings. The summed E-state index contributed by atoms with van der Waals surface area (Å²) in [6.07, 6.45) is 2.59. The Labute approximate surface area is 106 Å². The molecule has 2 rings (SSSR count). The van der Waals surface area contributed by atoms with E-state index < -0.39 is 0 Å². The lowest BCUT2D eigenvalue weighted by Crippen LogP contribution is -2.05. The van der Waals surface area contributed by atoms with Crippen molar-refractivity contribution in [2.24, 2.45) is 0 Å². The average molecular weight is 244 g/mol. The second-order valence-corrected chi connectivity index (χ2v) is 4.33. The molecule has 0 aliphatic heterocycles. The topological polar surface area (TPSA) is 44.1 Å². The number of carbonyl (C=O) groups excluding carboxylic acids is 1. The SMILES string of the molecule is COc1ccc(C=O)c(-c2ccnn2C(C)C)c1. The molecule has 94 valence electrons. The third-order valence-electron chi connectivity index (χ3n) is 2.82. The molecule has 1 heterocycles. The van der Waals surface area contributed by atoms with Crippen LogP contribution in [0.5, 0.6) is 5.75 Å². The monoisotopic (exact) mass is 244 g/mol. The summed E-state index contributed by atoms with van der Waals surface area (Å²) in [6.45, 7) is 4.11. The molecule has 4 heteroatoms. The van der Waals surface area contributed by atoms with E-state index in [4.69, 9.17) is 4.74 Å². The fraction of sp³-hybridized carbons (Fsp3) is 0.286. The zero-order valence-corrected chi connectivity index (χ0v) is 10.8. The number of rotatable bonds is 4. The molecular weight excluding hydrogens is 228 g/mol. The molecule has 4 nitrogen and oxygen atoms in total. The molecule has 0 saturated heterocycles. The molecule has 0 spiro atoms. The Hall–Kier alpha value is -2.10. The van der Waals surface area contributed by atoms with Crippen LogP contribution in [0.4, 0.5) is 0 Å². The number of aromatic nitrogens is 2. The van der Waals surface area contributed by atoms with Gasteiger partial charge in [-0.25, -0.2) is 0 Å². The highest BCUT2D eigenvalue weighted by molar-refractivity contribution is 5.87. The Kier molecular flexibility index (Phi) is 3.46. The highest BCUT2D eigenvalue weighted by atomic mass is 16.5. The van der Waals surface area contributed by atoms with E-state index in [0.29, 0.717) is 5.56 Å². The summed E-state index contributed by atoms with van der Waals surface area (Å²) in [6, 6.07) is 7.55. The maximum absolute atomic E-state index is 11.1. The number of benzene rings is 1. The fourth-order valence-electron chi connectivity index (χ4n) is 1.93. The predicted molar refractivity (Wildman–Crippen MR) is 70.0 cm³/mol. The lowest BCUT2D eigenvalue weighted by molar-refractivity contribution is 0.112. The maximum atomic E-state index is 11.1. The predicted octanol–water partition coefficient (Wildman–Crippen LogP) is 2.95. The largest absolute Gasteiger partial charge is 0.497 e. The molecule has 0 N–H and O–H groups in total. The summed E-state index contributed by atoms with van der Waals surface area (Å²) in [4.78, 5) is 11.1. The first kappa shape index (κ1) is 12.4. The van der Waals surface area contributed by atoms with Crippen LogP contribution in [-0.2, 0) is 0 Å². The number of methoxy groups -OCH3 is 1. The van der Waals surface area contributed by atoms with Crippen molar-refractivity contribution in [3.8, 4) is 17.0 Å². The van der Waals surface area contributed by atoms with Crippen LogP contribution in [0.1, 0.15) is 30.2 Å². The minimum Gasteiger partial charge on any atom is -0.497 e. The highest BCUT2D eigenvalue weighted by Crippen LogP contribution is 2.28. The summed E-state index contributed by atoms with van der Waals surface area (Å²) in [7, 11) is 1.61. The average Bonchev–Trinajstić information content (AvgIpc) is 2.87. The zero-order valence-electron chi connectivity index (χ0n) is 10.8. The quantitative estimate of drug-likeness (QED) is 0.777. The molecule has 1 aromatic heterocycles. The van der Waals surface area contributed by atoms with Crippen molar-refractivity contribution in [3.63, 3.8) is 0 Å². The molecule has 18 heavy (non-hydrogen) atoms. The van der Waals surface area contributed by atoms with Crippen LogP contribution in [0.2, 0.25) is 0 Å². The Morgan fingerprint density at radius 1 is 1.33 bits per heavy atom. The van der Waals surface area contributed by atoms with Crippen molar-refractivity contribution in [2.45, 2.75) is 19.9 Å². The van der Waals surface area contributed by atoms with E-state index in [1.807, 2.05) is 16.8 Å². The molecule has 0 saturated carbocycles. The molecule has 0 atom stereocenters. The van der Waals surface area contributed by atoms with E-state index in [-0.39, 0.29) is 6.04 Å². The summed E-state index contributed by atoms with van der Waals surface area (Å²) in [5, 5.41) is 4.28. The molecule has 0 bridgehead atoms. The lowest BCUT2D eigenvalue weighted by Gasteiger charge is -2.13. The van der Waals surface area contributed by atoms with Crippen molar-refractivity contribution < 1.29 is 9.53 Å². The molecule has 0 radical (unpaired) electrons. The van der Waals surface area contributed by atoms with Crippen LogP contribution < -0.4 is 4.74 Å². The van der Waals surface area contributed by atoms with Gasteiger partial charge in [0.2, 0.25) is 0 Å². The fourth-order valence-corrected chi connectivity index (χ4v) is 1.93. The van der Waals surface area contributed by atoms with Crippen LogP contribution in [0.3, 0.4) is 0 Å². The number of hydrogen-bond donors (Lipinski definition) is 0. The molecule has 0 amide bonds. The van der Waals surface area contributed by atoms with E-state index in [9.17, 15) is 4.79 Å². The van der Waals surface area contributed by atoms with Gasteiger partial charge in [0.1, 0.15) is 5.75 Å². The first-order valence-electron chi connectivity index (χ1n) is 5.84. The second kappa shape index (κ2) is 5.04. The minimum atomic E-state index is 0.237. The van der Waals surface area contributed by atoms with Crippen molar-refractivity contribution in [2.75, 3.05) is 7.11 Å². The standard InChI is InChI=1S/C14H16N2O2/c1-10(2)16-14(6-7-15-16)13-8-12(18-3)5-4-11(13)9-17/h4-10H,1-3H3.